The standard InChI is InChI=1S/C16H17BrFNO/c1-10(2)20-13-5-3-4-11(8-13)16(19)12-6-7-14(17)15(18)9-12/h3-10,16H,19H2,1-2H3. The predicted octanol–water partition coefficient (Wildman–Crippen LogP) is 4.42. The molecule has 0 saturated carbocycles. The van der Waals surface area contributed by atoms with E-state index < -0.39 is 0 Å². The molecule has 20 heavy (non-hydrogen) atoms. The Morgan fingerprint density at radius 3 is 2.45 bits per heavy atom. The summed E-state index contributed by atoms with van der Waals surface area (Å²) in [5, 5.41) is 0. The van der Waals surface area contributed by atoms with Gasteiger partial charge < -0.3 is 10.5 Å². The van der Waals surface area contributed by atoms with Crippen molar-refractivity contribution in [1.82, 2.24) is 0 Å². The number of nitrogens with two attached hydrogens (primary N) is 1. The van der Waals surface area contributed by atoms with Crippen molar-refractivity contribution in [1.29, 1.82) is 0 Å². The Morgan fingerprint density at radius 2 is 1.80 bits per heavy atom. The topological polar surface area (TPSA) is 35.2 Å². The molecule has 0 aliphatic heterocycles. The molecule has 2 aromatic rings. The zero-order chi connectivity index (χ0) is 14.7. The average Bonchev–Trinajstić information content (AvgIpc) is 2.40. The molecule has 2 rings (SSSR count). The molecule has 0 saturated heterocycles. The minimum atomic E-state index is -0.381. The molecule has 0 bridgehead atoms. The van der Waals surface area contributed by atoms with Gasteiger partial charge in [-0.15, -0.1) is 0 Å². The van der Waals surface area contributed by atoms with Gasteiger partial charge in [0, 0.05) is 0 Å². The van der Waals surface area contributed by atoms with Gasteiger partial charge >= 0.3 is 0 Å². The van der Waals surface area contributed by atoms with E-state index >= 15 is 0 Å². The van der Waals surface area contributed by atoms with Gasteiger partial charge in [-0.25, -0.2) is 4.39 Å². The Kier molecular flexibility index (Phi) is 4.78. The first-order valence-electron chi connectivity index (χ1n) is 6.44. The van der Waals surface area contributed by atoms with E-state index in [0.29, 0.717) is 4.47 Å². The summed E-state index contributed by atoms with van der Waals surface area (Å²) in [4.78, 5) is 0. The molecule has 0 radical (unpaired) electrons. The third-order valence-electron chi connectivity index (χ3n) is 2.89. The highest BCUT2D eigenvalue weighted by Gasteiger charge is 2.12. The van der Waals surface area contributed by atoms with E-state index in [1.165, 1.54) is 6.07 Å². The summed E-state index contributed by atoms with van der Waals surface area (Å²) in [5.74, 6) is 0.457. The third kappa shape index (κ3) is 3.58. The van der Waals surface area contributed by atoms with Crippen LogP contribution in [0.1, 0.15) is 31.0 Å². The molecule has 2 aromatic carbocycles. The van der Waals surface area contributed by atoms with Crippen LogP contribution in [0.4, 0.5) is 4.39 Å². The summed E-state index contributed by atoms with van der Waals surface area (Å²) in [6, 6.07) is 12.1. The van der Waals surface area contributed by atoms with Gasteiger partial charge in [0.15, 0.2) is 0 Å². The first kappa shape index (κ1) is 15.0. The van der Waals surface area contributed by atoms with Gasteiger partial charge in [0.25, 0.3) is 0 Å². The molecule has 2 nitrogen and oxygen atoms in total. The van der Waals surface area contributed by atoms with Crippen LogP contribution in [0.3, 0.4) is 0 Å². The molecule has 0 aliphatic rings. The second-order valence-electron chi connectivity index (χ2n) is 4.89. The van der Waals surface area contributed by atoms with Gasteiger partial charge in [0.2, 0.25) is 0 Å². The fourth-order valence-electron chi connectivity index (χ4n) is 1.95. The molecule has 4 heteroatoms. The number of hydrogen-bond donors (Lipinski definition) is 1. The summed E-state index contributed by atoms with van der Waals surface area (Å²) < 4.78 is 19.7. The van der Waals surface area contributed by atoms with Crippen molar-refractivity contribution in [3.63, 3.8) is 0 Å². The van der Waals surface area contributed by atoms with Crippen LogP contribution in [-0.4, -0.2) is 6.10 Å². The van der Waals surface area contributed by atoms with Crippen molar-refractivity contribution < 1.29 is 9.13 Å². The quantitative estimate of drug-likeness (QED) is 0.895. The van der Waals surface area contributed by atoms with Gasteiger partial charge in [-0.1, -0.05) is 18.2 Å². The van der Waals surface area contributed by atoms with Crippen molar-refractivity contribution in [3.8, 4) is 5.75 Å². The molecule has 0 fully saturated rings. The summed E-state index contributed by atoms with van der Waals surface area (Å²) in [6.45, 7) is 3.94. The molecule has 0 aliphatic carbocycles. The molecule has 0 amide bonds. The Hall–Kier alpha value is -1.39. The Balaban J connectivity index is 2.28. The zero-order valence-electron chi connectivity index (χ0n) is 11.4. The Labute approximate surface area is 126 Å². The van der Waals surface area contributed by atoms with Crippen LogP contribution in [0.5, 0.6) is 5.75 Å². The van der Waals surface area contributed by atoms with Gasteiger partial charge in [0.05, 0.1) is 16.6 Å². The van der Waals surface area contributed by atoms with Crippen molar-refractivity contribution in [2.24, 2.45) is 5.73 Å². The minimum absolute atomic E-state index is 0.103. The Bertz CT molecular complexity index is 601. The van der Waals surface area contributed by atoms with Gasteiger partial charge in [-0.05, 0) is 65.2 Å². The maximum Gasteiger partial charge on any atom is 0.137 e. The van der Waals surface area contributed by atoms with Crippen molar-refractivity contribution in [2.75, 3.05) is 0 Å². The van der Waals surface area contributed by atoms with E-state index in [0.717, 1.165) is 16.9 Å². The third-order valence-corrected chi connectivity index (χ3v) is 3.53. The summed E-state index contributed by atoms with van der Waals surface area (Å²) in [7, 11) is 0. The summed E-state index contributed by atoms with van der Waals surface area (Å²) in [5.41, 5.74) is 7.82. The van der Waals surface area contributed by atoms with Crippen LogP contribution >= 0.6 is 15.9 Å². The number of halogens is 2. The minimum Gasteiger partial charge on any atom is -0.491 e. The van der Waals surface area contributed by atoms with Crippen LogP contribution in [0.25, 0.3) is 0 Å². The lowest BCUT2D eigenvalue weighted by atomic mass is 9.99. The fourth-order valence-corrected chi connectivity index (χ4v) is 2.20. The second-order valence-corrected chi connectivity index (χ2v) is 5.74. The molecule has 1 atom stereocenters. The number of ether oxygens (including phenoxy) is 1. The van der Waals surface area contributed by atoms with Crippen molar-refractivity contribution >= 4 is 15.9 Å². The van der Waals surface area contributed by atoms with E-state index in [1.807, 2.05) is 44.2 Å². The average molecular weight is 338 g/mol. The van der Waals surface area contributed by atoms with Crippen LogP contribution in [0.2, 0.25) is 0 Å². The molecule has 0 spiro atoms. The van der Waals surface area contributed by atoms with E-state index in [9.17, 15) is 4.39 Å². The molecule has 2 N–H and O–H groups in total. The van der Waals surface area contributed by atoms with Gasteiger partial charge in [-0.2, -0.15) is 0 Å². The van der Waals surface area contributed by atoms with Crippen molar-refractivity contribution in [2.45, 2.75) is 26.0 Å². The smallest absolute Gasteiger partial charge is 0.137 e. The maximum absolute atomic E-state index is 13.6. The van der Waals surface area contributed by atoms with Crippen LogP contribution in [0.15, 0.2) is 46.9 Å². The largest absolute Gasteiger partial charge is 0.491 e. The first-order chi connectivity index (χ1) is 9.47. The predicted molar refractivity (Wildman–Crippen MR) is 82.3 cm³/mol. The number of rotatable bonds is 4. The monoisotopic (exact) mass is 337 g/mol. The number of benzene rings is 2. The zero-order valence-corrected chi connectivity index (χ0v) is 13.0. The maximum atomic E-state index is 13.6. The van der Waals surface area contributed by atoms with Crippen LogP contribution < -0.4 is 10.5 Å². The normalized spacial score (nSPS) is 12.5. The lowest BCUT2D eigenvalue weighted by Gasteiger charge is -2.16. The summed E-state index contributed by atoms with van der Waals surface area (Å²) >= 11 is 3.14. The molecule has 0 aromatic heterocycles. The van der Waals surface area contributed by atoms with E-state index in [4.69, 9.17) is 10.5 Å². The van der Waals surface area contributed by atoms with Gasteiger partial charge in [0.1, 0.15) is 11.6 Å². The molecular weight excluding hydrogens is 321 g/mol. The lowest BCUT2D eigenvalue weighted by molar-refractivity contribution is 0.242. The highest BCUT2D eigenvalue weighted by molar-refractivity contribution is 9.10. The molecule has 106 valence electrons. The summed E-state index contributed by atoms with van der Waals surface area (Å²) in [6.07, 6.45) is 0.103. The highest BCUT2D eigenvalue weighted by atomic mass is 79.9. The lowest BCUT2D eigenvalue weighted by Crippen LogP contribution is -2.13. The highest BCUT2D eigenvalue weighted by Crippen LogP contribution is 2.26. The molecular formula is C16H17BrFNO. The van der Waals surface area contributed by atoms with E-state index in [1.54, 1.807) is 6.07 Å². The van der Waals surface area contributed by atoms with E-state index in [2.05, 4.69) is 15.9 Å². The van der Waals surface area contributed by atoms with Gasteiger partial charge in [-0.3, -0.25) is 0 Å². The van der Waals surface area contributed by atoms with Crippen LogP contribution in [0, 0.1) is 5.82 Å². The van der Waals surface area contributed by atoms with E-state index in [-0.39, 0.29) is 18.0 Å². The first-order valence-corrected chi connectivity index (χ1v) is 7.24. The SMILES string of the molecule is CC(C)Oc1cccc(C(N)c2ccc(Br)c(F)c2)c1. The van der Waals surface area contributed by atoms with Crippen molar-refractivity contribution in [3.05, 3.63) is 63.9 Å². The fraction of sp³-hybridized carbons (Fsp3) is 0.250. The second kappa shape index (κ2) is 6.37. The Morgan fingerprint density at radius 1 is 1.10 bits per heavy atom. The molecule has 0 heterocycles. The number of hydrogen-bond acceptors (Lipinski definition) is 2. The molecule has 1 unspecified atom stereocenters. The van der Waals surface area contributed by atoms with Crippen LogP contribution in [-0.2, 0) is 0 Å².